The van der Waals surface area contributed by atoms with Crippen molar-refractivity contribution in [2.45, 2.75) is 0 Å². The molecule has 0 unspecified atom stereocenters. The number of nitriles is 1. The van der Waals surface area contributed by atoms with E-state index in [1.54, 1.807) is 35.0 Å². The number of anilines is 1. The van der Waals surface area contributed by atoms with Crippen LogP contribution in [-0.4, -0.2) is 14.6 Å². The first kappa shape index (κ1) is 10.3. The molecular formula is C13H9N5. The second kappa shape index (κ2) is 3.86. The number of nitrogen functional groups attached to an aromatic ring is 1. The maximum absolute atomic E-state index is 9.01. The van der Waals surface area contributed by atoms with Crippen LogP contribution in [0.1, 0.15) is 5.56 Å². The Bertz CT molecular complexity index is 766. The molecule has 0 spiro atoms. The highest BCUT2D eigenvalue weighted by atomic mass is 15.3. The zero-order valence-electron chi connectivity index (χ0n) is 9.41. The summed E-state index contributed by atoms with van der Waals surface area (Å²) in [4.78, 5) is 4.37. The van der Waals surface area contributed by atoms with Gasteiger partial charge in [0.1, 0.15) is 6.07 Å². The first-order valence-electron chi connectivity index (χ1n) is 5.39. The van der Waals surface area contributed by atoms with Crippen LogP contribution in [0.25, 0.3) is 17.0 Å². The molecule has 0 amide bonds. The van der Waals surface area contributed by atoms with Gasteiger partial charge in [0.25, 0.3) is 0 Å². The molecule has 86 valence electrons. The average Bonchev–Trinajstić information content (AvgIpc) is 2.82. The summed E-state index contributed by atoms with van der Waals surface area (Å²) >= 11 is 0. The molecule has 0 saturated carbocycles. The van der Waals surface area contributed by atoms with Crippen molar-refractivity contribution in [2.75, 3.05) is 5.73 Å². The minimum Gasteiger partial charge on any atom is -0.399 e. The van der Waals surface area contributed by atoms with Crippen LogP contribution in [-0.2, 0) is 0 Å². The molecule has 0 aliphatic carbocycles. The lowest BCUT2D eigenvalue weighted by atomic mass is 10.2. The summed E-state index contributed by atoms with van der Waals surface area (Å²) in [6.45, 7) is 0. The van der Waals surface area contributed by atoms with Crippen LogP contribution in [0.3, 0.4) is 0 Å². The summed E-state index contributed by atoms with van der Waals surface area (Å²) < 4.78 is 1.59. The number of hydrogen-bond acceptors (Lipinski definition) is 4. The molecule has 2 aromatic heterocycles. The largest absolute Gasteiger partial charge is 0.399 e. The monoisotopic (exact) mass is 235 g/mol. The molecule has 0 radical (unpaired) electrons. The van der Waals surface area contributed by atoms with Gasteiger partial charge in [-0.05, 0) is 24.3 Å². The Balaban J connectivity index is 2.23. The molecule has 5 heteroatoms. The summed E-state index contributed by atoms with van der Waals surface area (Å²) in [5.74, 6) is 0.560. The van der Waals surface area contributed by atoms with Crippen LogP contribution < -0.4 is 5.73 Å². The minimum absolute atomic E-state index is 0.500. The number of rotatable bonds is 1. The molecule has 18 heavy (non-hydrogen) atoms. The lowest BCUT2D eigenvalue weighted by Gasteiger charge is -1.95. The van der Waals surface area contributed by atoms with E-state index in [4.69, 9.17) is 11.0 Å². The van der Waals surface area contributed by atoms with Gasteiger partial charge in [0.05, 0.1) is 5.56 Å². The molecule has 3 rings (SSSR count). The van der Waals surface area contributed by atoms with Crippen molar-refractivity contribution >= 4 is 11.3 Å². The van der Waals surface area contributed by atoms with E-state index in [0.717, 1.165) is 5.56 Å². The van der Waals surface area contributed by atoms with Gasteiger partial charge in [0.15, 0.2) is 11.5 Å². The van der Waals surface area contributed by atoms with Gasteiger partial charge in [-0.3, -0.25) is 0 Å². The lowest BCUT2D eigenvalue weighted by molar-refractivity contribution is 0.964. The Morgan fingerprint density at radius 1 is 1.22 bits per heavy atom. The van der Waals surface area contributed by atoms with Gasteiger partial charge in [-0.15, -0.1) is 5.10 Å². The summed E-state index contributed by atoms with van der Waals surface area (Å²) in [6, 6.07) is 12.9. The molecular weight excluding hydrogens is 226 g/mol. The van der Waals surface area contributed by atoms with Crippen molar-refractivity contribution < 1.29 is 0 Å². The van der Waals surface area contributed by atoms with Crippen LogP contribution >= 0.6 is 0 Å². The maximum atomic E-state index is 9.01. The van der Waals surface area contributed by atoms with E-state index < -0.39 is 0 Å². The number of nitrogens with zero attached hydrogens (tertiary/aromatic N) is 4. The fourth-order valence-corrected chi connectivity index (χ4v) is 1.79. The van der Waals surface area contributed by atoms with Gasteiger partial charge in [-0.25, -0.2) is 9.50 Å². The van der Waals surface area contributed by atoms with Gasteiger partial charge in [0, 0.05) is 17.4 Å². The Morgan fingerprint density at radius 2 is 2.11 bits per heavy atom. The molecule has 0 bridgehead atoms. The van der Waals surface area contributed by atoms with E-state index in [1.165, 1.54) is 0 Å². The number of nitrogens with two attached hydrogens (primary N) is 1. The SMILES string of the molecule is N#Cc1cccn2nc(-c3cccc(N)c3)nc12. The highest BCUT2D eigenvalue weighted by molar-refractivity contribution is 5.65. The van der Waals surface area contributed by atoms with Gasteiger partial charge >= 0.3 is 0 Å². The number of aromatic nitrogens is 3. The Hall–Kier alpha value is -2.87. The number of fused-ring (bicyclic) bond motifs is 1. The third kappa shape index (κ3) is 1.57. The molecule has 2 N–H and O–H groups in total. The van der Waals surface area contributed by atoms with Crippen LogP contribution in [0.4, 0.5) is 5.69 Å². The van der Waals surface area contributed by atoms with Gasteiger partial charge in [0.2, 0.25) is 0 Å². The van der Waals surface area contributed by atoms with Crippen molar-refractivity contribution in [3.05, 3.63) is 48.2 Å². The molecule has 5 nitrogen and oxygen atoms in total. The fraction of sp³-hybridized carbons (Fsp3) is 0. The lowest BCUT2D eigenvalue weighted by Crippen LogP contribution is -1.89. The maximum Gasteiger partial charge on any atom is 0.182 e. The summed E-state index contributed by atoms with van der Waals surface area (Å²) in [5, 5.41) is 13.3. The molecule has 2 heterocycles. The van der Waals surface area contributed by atoms with Crippen molar-refractivity contribution in [1.82, 2.24) is 14.6 Å². The summed E-state index contributed by atoms with van der Waals surface area (Å²) in [5.41, 5.74) is 8.28. The third-order valence-electron chi connectivity index (χ3n) is 2.63. The molecule has 0 fully saturated rings. The summed E-state index contributed by atoms with van der Waals surface area (Å²) in [6.07, 6.45) is 1.76. The van der Waals surface area contributed by atoms with Crippen LogP contribution in [0.2, 0.25) is 0 Å². The number of hydrogen-bond donors (Lipinski definition) is 1. The quantitative estimate of drug-likeness (QED) is 0.653. The number of pyridine rings is 1. The smallest absolute Gasteiger partial charge is 0.182 e. The first-order valence-corrected chi connectivity index (χ1v) is 5.39. The molecule has 1 aromatic carbocycles. The second-order valence-corrected chi connectivity index (χ2v) is 3.86. The molecule has 0 aliphatic rings. The van der Waals surface area contributed by atoms with E-state index in [2.05, 4.69) is 16.2 Å². The molecule has 0 saturated heterocycles. The highest BCUT2D eigenvalue weighted by Crippen LogP contribution is 2.19. The van der Waals surface area contributed by atoms with E-state index in [-0.39, 0.29) is 0 Å². The Morgan fingerprint density at radius 3 is 2.89 bits per heavy atom. The zero-order chi connectivity index (χ0) is 12.5. The second-order valence-electron chi connectivity index (χ2n) is 3.86. The van der Waals surface area contributed by atoms with Crippen LogP contribution in [0.5, 0.6) is 0 Å². The van der Waals surface area contributed by atoms with Crippen molar-refractivity contribution in [3.8, 4) is 17.5 Å². The number of benzene rings is 1. The van der Waals surface area contributed by atoms with E-state index in [9.17, 15) is 0 Å². The zero-order valence-corrected chi connectivity index (χ0v) is 9.41. The molecule has 0 atom stereocenters. The van der Waals surface area contributed by atoms with Crippen molar-refractivity contribution in [3.63, 3.8) is 0 Å². The average molecular weight is 235 g/mol. The van der Waals surface area contributed by atoms with Crippen molar-refractivity contribution in [2.24, 2.45) is 0 Å². The third-order valence-corrected chi connectivity index (χ3v) is 2.63. The Labute approximate surface area is 103 Å². The highest BCUT2D eigenvalue weighted by Gasteiger charge is 2.09. The summed E-state index contributed by atoms with van der Waals surface area (Å²) in [7, 11) is 0. The predicted molar refractivity (Wildman–Crippen MR) is 67.6 cm³/mol. The van der Waals surface area contributed by atoms with Gasteiger partial charge < -0.3 is 5.73 Å². The van der Waals surface area contributed by atoms with Gasteiger partial charge in [-0.2, -0.15) is 5.26 Å². The Kier molecular flexibility index (Phi) is 2.21. The van der Waals surface area contributed by atoms with E-state index in [1.807, 2.05) is 12.1 Å². The van der Waals surface area contributed by atoms with E-state index >= 15 is 0 Å². The normalized spacial score (nSPS) is 10.4. The molecule has 0 aliphatic heterocycles. The van der Waals surface area contributed by atoms with Crippen molar-refractivity contribution in [1.29, 1.82) is 5.26 Å². The fourth-order valence-electron chi connectivity index (χ4n) is 1.79. The molecule has 3 aromatic rings. The topological polar surface area (TPSA) is 80.0 Å². The van der Waals surface area contributed by atoms with E-state index in [0.29, 0.717) is 22.7 Å². The van der Waals surface area contributed by atoms with Crippen LogP contribution in [0.15, 0.2) is 42.6 Å². The predicted octanol–water partition coefficient (Wildman–Crippen LogP) is 1.85. The van der Waals surface area contributed by atoms with Gasteiger partial charge in [-0.1, -0.05) is 12.1 Å². The van der Waals surface area contributed by atoms with Crippen LogP contribution in [0, 0.1) is 11.3 Å². The standard InChI is InChI=1S/C13H9N5/c14-8-10-4-2-6-18-13(10)16-12(17-18)9-3-1-5-11(15)7-9/h1-7H,15H2. The minimum atomic E-state index is 0.500. The first-order chi connectivity index (χ1) is 8.78.